The van der Waals surface area contributed by atoms with E-state index in [1.165, 1.54) is 18.2 Å². The number of sulfone groups is 1. The molecule has 0 bridgehead atoms. The Kier molecular flexibility index (Phi) is 7.44. The van der Waals surface area contributed by atoms with Gasteiger partial charge in [-0.05, 0) is 54.8 Å². The van der Waals surface area contributed by atoms with E-state index in [0.717, 1.165) is 29.6 Å². The third-order valence-electron chi connectivity index (χ3n) is 5.03. The van der Waals surface area contributed by atoms with Crippen molar-refractivity contribution >= 4 is 9.84 Å². The van der Waals surface area contributed by atoms with Crippen molar-refractivity contribution in [1.82, 2.24) is 4.57 Å². The van der Waals surface area contributed by atoms with Gasteiger partial charge in [0.05, 0.1) is 23.8 Å². The lowest BCUT2D eigenvalue weighted by atomic mass is 10.1. The first-order chi connectivity index (χ1) is 15.6. The molecule has 0 N–H and O–H groups in total. The minimum Gasteiger partial charge on any atom is -0.379 e. The molecule has 176 valence electrons. The zero-order chi connectivity index (χ0) is 24.2. The molecule has 0 aliphatic heterocycles. The molecule has 0 aliphatic rings. The standard InChI is InChI=1S/C22H22F2N2O6S/c1-15-17(9-10-31-11-12-32-26(27)28)13-22(16-3-6-19(7-4-16)33(2,29)30)25(15)18-5-8-20(23)21(24)14-18/h3-8,13-14H,9-12H2,1-2H3. The summed E-state index contributed by atoms with van der Waals surface area (Å²) in [4.78, 5) is 14.5. The van der Waals surface area contributed by atoms with Crippen LogP contribution in [0.15, 0.2) is 53.4 Å². The lowest BCUT2D eigenvalue weighted by molar-refractivity contribution is -0.758. The molecule has 0 saturated carbocycles. The smallest absolute Gasteiger partial charge is 0.294 e. The van der Waals surface area contributed by atoms with Gasteiger partial charge in [-0.1, -0.05) is 12.1 Å². The fourth-order valence-electron chi connectivity index (χ4n) is 3.41. The third kappa shape index (κ3) is 5.93. The highest BCUT2D eigenvalue weighted by Gasteiger charge is 2.17. The summed E-state index contributed by atoms with van der Waals surface area (Å²) in [6.45, 7) is 1.94. The first kappa shape index (κ1) is 24.3. The predicted molar refractivity (Wildman–Crippen MR) is 116 cm³/mol. The number of benzene rings is 2. The van der Waals surface area contributed by atoms with Crippen LogP contribution in [0.5, 0.6) is 0 Å². The van der Waals surface area contributed by atoms with E-state index in [1.54, 1.807) is 16.7 Å². The number of hydrogen-bond acceptors (Lipinski definition) is 6. The van der Waals surface area contributed by atoms with Crippen LogP contribution in [0.25, 0.3) is 16.9 Å². The molecule has 0 amide bonds. The quantitative estimate of drug-likeness (QED) is 0.248. The Hall–Kier alpha value is -3.31. The maximum absolute atomic E-state index is 14.0. The molecule has 2 aromatic carbocycles. The number of halogens is 2. The van der Waals surface area contributed by atoms with E-state index in [4.69, 9.17) is 4.74 Å². The lowest BCUT2D eigenvalue weighted by Crippen LogP contribution is -2.10. The van der Waals surface area contributed by atoms with Crippen molar-refractivity contribution in [2.45, 2.75) is 18.2 Å². The van der Waals surface area contributed by atoms with Gasteiger partial charge in [-0.15, -0.1) is 10.1 Å². The molecule has 0 saturated heterocycles. The maximum Gasteiger partial charge on any atom is 0.294 e. The van der Waals surface area contributed by atoms with Crippen LogP contribution in [-0.4, -0.2) is 44.1 Å². The summed E-state index contributed by atoms with van der Waals surface area (Å²) in [5.74, 6) is -1.96. The van der Waals surface area contributed by atoms with Gasteiger partial charge in [0.15, 0.2) is 21.5 Å². The minimum atomic E-state index is -3.37. The van der Waals surface area contributed by atoms with Gasteiger partial charge in [-0.2, -0.15) is 0 Å². The molecule has 1 aromatic heterocycles. The van der Waals surface area contributed by atoms with Crippen LogP contribution in [-0.2, 0) is 25.8 Å². The van der Waals surface area contributed by atoms with E-state index >= 15 is 0 Å². The molecule has 0 atom stereocenters. The van der Waals surface area contributed by atoms with E-state index in [-0.39, 0.29) is 24.7 Å². The average molecular weight is 480 g/mol. The molecule has 0 aliphatic carbocycles. The van der Waals surface area contributed by atoms with E-state index in [9.17, 15) is 27.3 Å². The fourth-order valence-corrected chi connectivity index (χ4v) is 4.04. The van der Waals surface area contributed by atoms with Crippen LogP contribution in [0.3, 0.4) is 0 Å². The summed E-state index contributed by atoms with van der Waals surface area (Å²) in [6, 6.07) is 11.7. The van der Waals surface area contributed by atoms with Crippen molar-refractivity contribution in [3.63, 3.8) is 0 Å². The number of nitrogens with zero attached hydrogens (tertiary/aromatic N) is 2. The van der Waals surface area contributed by atoms with Crippen LogP contribution in [0.2, 0.25) is 0 Å². The van der Waals surface area contributed by atoms with Gasteiger partial charge in [0.1, 0.15) is 6.61 Å². The van der Waals surface area contributed by atoms with Crippen molar-refractivity contribution in [1.29, 1.82) is 0 Å². The Balaban J connectivity index is 1.94. The van der Waals surface area contributed by atoms with Crippen LogP contribution in [0.1, 0.15) is 11.3 Å². The molecule has 11 heteroatoms. The van der Waals surface area contributed by atoms with E-state index < -0.39 is 26.6 Å². The summed E-state index contributed by atoms with van der Waals surface area (Å²) in [6.07, 6.45) is 1.57. The maximum atomic E-state index is 14.0. The molecular weight excluding hydrogens is 458 g/mol. The summed E-state index contributed by atoms with van der Waals surface area (Å²) in [5, 5.41) is 9.28. The van der Waals surface area contributed by atoms with Gasteiger partial charge >= 0.3 is 0 Å². The molecule has 0 spiro atoms. The Morgan fingerprint density at radius 2 is 1.70 bits per heavy atom. The molecule has 1 heterocycles. The van der Waals surface area contributed by atoms with Crippen molar-refractivity contribution in [2.24, 2.45) is 0 Å². The second kappa shape index (κ2) is 10.1. The lowest BCUT2D eigenvalue weighted by Gasteiger charge is -2.13. The number of ether oxygens (including phenoxy) is 1. The monoisotopic (exact) mass is 480 g/mol. The number of hydrogen-bond donors (Lipinski definition) is 0. The fraction of sp³-hybridized carbons (Fsp3) is 0.273. The van der Waals surface area contributed by atoms with Gasteiger partial charge in [0.25, 0.3) is 5.09 Å². The molecule has 0 unspecified atom stereocenters. The minimum absolute atomic E-state index is 0.0454. The summed E-state index contributed by atoms with van der Waals surface area (Å²) >= 11 is 0. The topological polar surface area (TPSA) is 101 Å². The molecule has 0 radical (unpaired) electrons. The highest BCUT2D eigenvalue weighted by atomic mass is 32.2. The summed E-state index contributed by atoms with van der Waals surface area (Å²) in [5.41, 5.74) is 3.36. The van der Waals surface area contributed by atoms with E-state index in [0.29, 0.717) is 23.4 Å². The first-order valence-corrected chi connectivity index (χ1v) is 11.8. The Labute approximate surface area is 189 Å². The van der Waals surface area contributed by atoms with Gasteiger partial charge in [-0.3, -0.25) is 0 Å². The zero-order valence-corrected chi connectivity index (χ0v) is 18.8. The number of aromatic nitrogens is 1. The molecule has 3 aromatic rings. The molecular formula is C22H22F2N2O6S. The van der Waals surface area contributed by atoms with Crippen molar-refractivity contribution in [2.75, 3.05) is 26.1 Å². The Morgan fingerprint density at radius 1 is 1.00 bits per heavy atom. The van der Waals surface area contributed by atoms with Gasteiger partial charge in [-0.25, -0.2) is 17.2 Å². The van der Waals surface area contributed by atoms with E-state index in [2.05, 4.69) is 4.84 Å². The van der Waals surface area contributed by atoms with Gasteiger partial charge in [0, 0.05) is 23.7 Å². The SMILES string of the molecule is Cc1c(CCOCCO[N+](=O)[O-])cc(-c2ccc(S(C)(=O)=O)cc2)n1-c1ccc(F)c(F)c1. The summed E-state index contributed by atoms with van der Waals surface area (Å²) < 4.78 is 58.2. The van der Waals surface area contributed by atoms with Crippen LogP contribution >= 0.6 is 0 Å². The van der Waals surface area contributed by atoms with Gasteiger partial charge in [0.2, 0.25) is 0 Å². The highest BCUT2D eigenvalue weighted by molar-refractivity contribution is 7.90. The van der Waals surface area contributed by atoms with Crippen molar-refractivity contribution in [3.05, 3.63) is 81.5 Å². The second-order valence-corrected chi connectivity index (χ2v) is 9.31. The Morgan fingerprint density at radius 3 is 2.30 bits per heavy atom. The second-order valence-electron chi connectivity index (χ2n) is 7.29. The predicted octanol–water partition coefficient (Wildman–Crippen LogP) is 3.90. The van der Waals surface area contributed by atoms with E-state index in [1.807, 2.05) is 13.0 Å². The number of rotatable bonds is 10. The van der Waals surface area contributed by atoms with Crippen LogP contribution < -0.4 is 0 Å². The molecule has 8 nitrogen and oxygen atoms in total. The normalized spacial score (nSPS) is 11.5. The molecule has 33 heavy (non-hydrogen) atoms. The summed E-state index contributed by atoms with van der Waals surface area (Å²) in [7, 11) is -3.37. The van der Waals surface area contributed by atoms with Crippen LogP contribution in [0.4, 0.5) is 8.78 Å². The zero-order valence-electron chi connectivity index (χ0n) is 18.0. The largest absolute Gasteiger partial charge is 0.379 e. The van der Waals surface area contributed by atoms with Crippen molar-refractivity contribution < 1.29 is 31.9 Å². The highest BCUT2D eigenvalue weighted by Crippen LogP contribution is 2.31. The van der Waals surface area contributed by atoms with Gasteiger partial charge < -0.3 is 14.1 Å². The third-order valence-corrected chi connectivity index (χ3v) is 6.16. The molecule has 3 rings (SSSR count). The van der Waals surface area contributed by atoms with Crippen molar-refractivity contribution in [3.8, 4) is 16.9 Å². The van der Waals surface area contributed by atoms with Crippen LogP contribution in [0, 0.1) is 28.7 Å². The molecule has 0 fully saturated rings. The first-order valence-electron chi connectivity index (χ1n) is 9.90. The average Bonchev–Trinajstić information content (AvgIpc) is 3.08. The Bertz CT molecular complexity index is 1260.